The van der Waals surface area contributed by atoms with Crippen LogP contribution in [0.3, 0.4) is 0 Å². The van der Waals surface area contributed by atoms with E-state index < -0.39 is 0 Å². The van der Waals surface area contributed by atoms with E-state index in [-0.39, 0.29) is 18.4 Å². The van der Waals surface area contributed by atoms with Crippen LogP contribution in [-0.4, -0.2) is 18.4 Å². The molecule has 0 heterocycles. The van der Waals surface area contributed by atoms with Crippen LogP contribution >= 0.6 is 25.0 Å². The third-order valence-electron chi connectivity index (χ3n) is 2.72. The Kier molecular flexibility index (Phi) is 11.4. The molecule has 0 radical (unpaired) electrons. The van der Waals surface area contributed by atoms with Crippen molar-refractivity contribution in [2.24, 2.45) is 5.73 Å². The van der Waals surface area contributed by atoms with Crippen LogP contribution in [0.2, 0.25) is 0 Å². The lowest BCUT2D eigenvalue weighted by atomic mass is 10.1. The highest BCUT2D eigenvalue weighted by molar-refractivity contribution is 7.80. The van der Waals surface area contributed by atoms with E-state index >= 15 is 0 Å². The van der Waals surface area contributed by atoms with E-state index in [4.69, 9.17) is 10.5 Å². The Morgan fingerprint density at radius 2 is 1.72 bits per heavy atom. The lowest BCUT2D eigenvalue weighted by Crippen LogP contribution is -2.21. The summed E-state index contributed by atoms with van der Waals surface area (Å²) in [5.74, 6) is 1.75. The number of benzene rings is 1. The molecule has 0 saturated heterocycles. The SMILES string of the molecule is Cl.N[C@H](CS)CCCCCCOc1ccccc1. The van der Waals surface area contributed by atoms with Gasteiger partial charge < -0.3 is 10.5 Å². The van der Waals surface area contributed by atoms with Crippen LogP contribution in [0, 0.1) is 0 Å². The van der Waals surface area contributed by atoms with E-state index in [1.165, 1.54) is 19.3 Å². The van der Waals surface area contributed by atoms with Crippen LogP contribution in [0.5, 0.6) is 5.75 Å². The molecule has 0 unspecified atom stereocenters. The maximum Gasteiger partial charge on any atom is 0.119 e. The Hall–Kier alpha value is -0.380. The maximum absolute atomic E-state index is 5.79. The molecule has 0 aliphatic rings. The number of rotatable bonds is 9. The molecule has 0 aliphatic carbocycles. The van der Waals surface area contributed by atoms with Gasteiger partial charge in [0.15, 0.2) is 0 Å². The summed E-state index contributed by atoms with van der Waals surface area (Å²) in [6, 6.07) is 10.2. The molecule has 1 aromatic rings. The van der Waals surface area contributed by atoms with Crippen molar-refractivity contribution < 1.29 is 4.74 Å². The molecule has 1 aromatic carbocycles. The minimum atomic E-state index is 0. The van der Waals surface area contributed by atoms with Gasteiger partial charge in [0.2, 0.25) is 0 Å². The Balaban J connectivity index is 0.00000289. The number of ether oxygens (including phenoxy) is 1. The van der Waals surface area contributed by atoms with Crippen molar-refractivity contribution >= 4 is 25.0 Å². The first-order chi connectivity index (χ1) is 8.33. The van der Waals surface area contributed by atoms with E-state index in [1.54, 1.807) is 0 Å². The third kappa shape index (κ3) is 8.67. The first-order valence-electron chi connectivity index (χ1n) is 6.37. The number of unbranched alkanes of at least 4 members (excludes halogenated alkanes) is 3. The molecule has 0 spiro atoms. The topological polar surface area (TPSA) is 35.2 Å². The second-order valence-electron chi connectivity index (χ2n) is 4.31. The van der Waals surface area contributed by atoms with E-state index in [0.717, 1.165) is 31.0 Å². The quantitative estimate of drug-likeness (QED) is 0.537. The van der Waals surface area contributed by atoms with Crippen molar-refractivity contribution in [2.45, 2.75) is 38.1 Å². The summed E-state index contributed by atoms with van der Waals surface area (Å²) >= 11 is 4.17. The Bertz CT molecular complexity index is 284. The fourth-order valence-electron chi connectivity index (χ4n) is 1.66. The van der Waals surface area contributed by atoms with E-state index in [1.807, 2.05) is 30.3 Å². The fourth-order valence-corrected chi connectivity index (χ4v) is 1.84. The molecule has 1 atom stereocenters. The molecule has 18 heavy (non-hydrogen) atoms. The van der Waals surface area contributed by atoms with Gasteiger partial charge >= 0.3 is 0 Å². The molecule has 0 bridgehead atoms. The zero-order valence-electron chi connectivity index (χ0n) is 10.8. The summed E-state index contributed by atoms with van der Waals surface area (Å²) in [7, 11) is 0. The molecule has 0 aromatic heterocycles. The average Bonchev–Trinajstić information content (AvgIpc) is 2.38. The van der Waals surface area contributed by atoms with Crippen LogP contribution in [0.25, 0.3) is 0 Å². The van der Waals surface area contributed by atoms with Gasteiger partial charge in [0.25, 0.3) is 0 Å². The normalized spacial score (nSPS) is 11.7. The third-order valence-corrected chi connectivity index (χ3v) is 3.18. The van der Waals surface area contributed by atoms with E-state index in [2.05, 4.69) is 12.6 Å². The Labute approximate surface area is 122 Å². The molecule has 1 rings (SSSR count). The lowest BCUT2D eigenvalue weighted by Gasteiger charge is -2.08. The minimum absolute atomic E-state index is 0. The highest BCUT2D eigenvalue weighted by atomic mass is 35.5. The van der Waals surface area contributed by atoms with E-state index in [0.29, 0.717) is 0 Å². The van der Waals surface area contributed by atoms with Crippen molar-refractivity contribution in [3.63, 3.8) is 0 Å². The van der Waals surface area contributed by atoms with Crippen molar-refractivity contribution in [3.05, 3.63) is 30.3 Å². The van der Waals surface area contributed by atoms with Crippen molar-refractivity contribution in [2.75, 3.05) is 12.4 Å². The van der Waals surface area contributed by atoms with Gasteiger partial charge in [-0.3, -0.25) is 0 Å². The van der Waals surface area contributed by atoms with Gasteiger partial charge in [-0.2, -0.15) is 12.6 Å². The molecule has 4 heteroatoms. The molecule has 2 N–H and O–H groups in total. The highest BCUT2D eigenvalue weighted by Gasteiger charge is 1.98. The summed E-state index contributed by atoms with van der Waals surface area (Å²) in [5, 5.41) is 0. The number of nitrogens with two attached hydrogens (primary N) is 1. The van der Waals surface area contributed by atoms with Gasteiger partial charge in [-0.05, 0) is 25.0 Å². The smallest absolute Gasteiger partial charge is 0.119 e. The predicted octanol–water partition coefficient (Wildman–Crippen LogP) is 3.69. The van der Waals surface area contributed by atoms with Crippen molar-refractivity contribution in [3.8, 4) is 5.75 Å². The standard InChI is InChI=1S/C14H23NOS.ClH/c15-13(12-17)8-4-1-2-7-11-16-14-9-5-3-6-10-14;/h3,5-6,9-10,13,17H,1-2,4,7-8,11-12,15H2;1H/t13-;/m0./s1. The van der Waals surface area contributed by atoms with Crippen molar-refractivity contribution in [1.82, 2.24) is 0 Å². The number of thiol groups is 1. The zero-order chi connectivity index (χ0) is 12.3. The first kappa shape index (κ1) is 17.6. The van der Waals surface area contributed by atoms with Gasteiger partial charge in [0.05, 0.1) is 6.61 Å². The average molecular weight is 290 g/mol. The van der Waals surface area contributed by atoms with Crippen LogP contribution in [0.4, 0.5) is 0 Å². The zero-order valence-corrected chi connectivity index (χ0v) is 12.5. The molecular weight excluding hydrogens is 266 g/mol. The van der Waals surface area contributed by atoms with Gasteiger partial charge in [-0.15, -0.1) is 12.4 Å². The van der Waals surface area contributed by atoms with Crippen molar-refractivity contribution in [1.29, 1.82) is 0 Å². The molecule has 2 nitrogen and oxygen atoms in total. The molecule has 0 fully saturated rings. The molecule has 0 amide bonds. The minimum Gasteiger partial charge on any atom is -0.494 e. The number of para-hydroxylation sites is 1. The first-order valence-corrected chi connectivity index (χ1v) is 7.00. The number of halogens is 1. The molecular formula is C14H24ClNOS. The maximum atomic E-state index is 5.79. The van der Waals surface area contributed by atoms with Crippen LogP contribution in [0.15, 0.2) is 30.3 Å². The summed E-state index contributed by atoms with van der Waals surface area (Å²) < 4.78 is 5.62. The van der Waals surface area contributed by atoms with Crippen LogP contribution in [-0.2, 0) is 0 Å². The van der Waals surface area contributed by atoms with Gasteiger partial charge in [-0.1, -0.05) is 37.5 Å². The Morgan fingerprint density at radius 1 is 1.06 bits per heavy atom. The van der Waals surface area contributed by atoms with Crippen LogP contribution in [0.1, 0.15) is 32.1 Å². The number of hydrogen-bond acceptors (Lipinski definition) is 3. The summed E-state index contributed by atoms with van der Waals surface area (Å²) in [6.07, 6.45) is 5.85. The molecule has 0 aliphatic heterocycles. The molecule has 0 saturated carbocycles. The lowest BCUT2D eigenvalue weighted by molar-refractivity contribution is 0.304. The van der Waals surface area contributed by atoms with Gasteiger partial charge in [0.1, 0.15) is 5.75 Å². The molecule has 104 valence electrons. The monoisotopic (exact) mass is 289 g/mol. The van der Waals surface area contributed by atoms with Crippen LogP contribution < -0.4 is 10.5 Å². The largest absolute Gasteiger partial charge is 0.494 e. The highest BCUT2D eigenvalue weighted by Crippen LogP contribution is 2.10. The fraction of sp³-hybridized carbons (Fsp3) is 0.571. The Morgan fingerprint density at radius 3 is 2.39 bits per heavy atom. The summed E-state index contributed by atoms with van der Waals surface area (Å²) in [4.78, 5) is 0. The second kappa shape index (κ2) is 11.7. The van der Waals surface area contributed by atoms with E-state index in [9.17, 15) is 0 Å². The summed E-state index contributed by atoms with van der Waals surface area (Å²) in [6.45, 7) is 0.808. The number of hydrogen-bond donors (Lipinski definition) is 2. The summed E-state index contributed by atoms with van der Waals surface area (Å²) in [5.41, 5.74) is 5.79. The predicted molar refractivity (Wildman–Crippen MR) is 84.1 cm³/mol. The van der Waals surface area contributed by atoms with Gasteiger partial charge in [0, 0.05) is 11.8 Å². The second-order valence-corrected chi connectivity index (χ2v) is 4.67. The van der Waals surface area contributed by atoms with Gasteiger partial charge in [-0.25, -0.2) is 0 Å².